The summed E-state index contributed by atoms with van der Waals surface area (Å²) in [4.78, 5) is 0. The van der Waals surface area contributed by atoms with E-state index in [0.29, 0.717) is 11.1 Å². The lowest BCUT2D eigenvalue weighted by Gasteiger charge is -2.16. The lowest BCUT2D eigenvalue weighted by atomic mass is 9.93. The summed E-state index contributed by atoms with van der Waals surface area (Å²) in [6.07, 6.45) is -2.30. The second kappa shape index (κ2) is 4.88. The first-order valence-corrected chi connectivity index (χ1v) is 8.03. The van der Waals surface area contributed by atoms with Crippen LogP contribution in [0.1, 0.15) is 29.2 Å². The second-order valence-electron chi connectivity index (χ2n) is 5.46. The fourth-order valence-corrected chi connectivity index (χ4v) is 3.59. The Bertz CT molecular complexity index is 729. The number of alkyl halides is 3. The molecule has 0 N–H and O–H groups in total. The average molecular weight is 304 g/mol. The normalized spacial score (nSPS) is 17.7. The fourth-order valence-electron chi connectivity index (χ4n) is 2.92. The Hall–Kier alpha value is -1.81. The Morgan fingerprint density at radius 1 is 0.952 bits per heavy atom. The zero-order valence-electron chi connectivity index (χ0n) is 11.8. The van der Waals surface area contributed by atoms with E-state index in [2.05, 4.69) is 6.92 Å². The van der Waals surface area contributed by atoms with Crippen LogP contribution < -0.4 is 0 Å². The minimum absolute atomic E-state index is 0.265. The predicted octanol–water partition coefficient (Wildman–Crippen LogP) is 4.20. The highest BCUT2D eigenvalue weighted by molar-refractivity contribution is 6.16. The van der Waals surface area contributed by atoms with Gasteiger partial charge >= 0.3 is 6.18 Å². The van der Waals surface area contributed by atoms with Gasteiger partial charge in [-0.3, -0.25) is 0 Å². The van der Waals surface area contributed by atoms with Crippen molar-refractivity contribution in [2.24, 2.45) is 0 Å². The smallest absolute Gasteiger partial charge is 0.166 e. The number of rotatable bonds is 1. The molecule has 108 valence electrons. The van der Waals surface area contributed by atoms with Crippen LogP contribution in [-0.4, -0.2) is 10.2 Å². The molecule has 0 amide bonds. The zero-order valence-corrected chi connectivity index (χ0v) is 13.8. The number of hydrogen-bond acceptors (Lipinski definition) is 0. The van der Waals surface area contributed by atoms with Crippen molar-refractivity contribution in [3.05, 3.63) is 64.7 Å². The molecule has 0 heterocycles. The Labute approximate surface area is 124 Å². The summed E-state index contributed by atoms with van der Waals surface area (Å²) < 4.78 is 39.7. The number of fused-ring (bicyclic) bond motifs is 1. The molecule has 1 unspecified atom stereocenters. The third kappa shape index (κ3) is 2.33. The molecule has 3 rings (SSSR count). The van der Waals surface area contributed by atoms with E-state index in [1.165, 1.54) is 11.6 Å². The maximum Gasteiger partial charge on any atom is 0.417 e. The van der Waals surface area contributed by atoms with Crippen molar-refractivity contribution in [3.8, 4) is 11.1 Å². The van der Waals surface area contributed by atoms with Gasteiger partial charge in [0.15, 0.2) is 0 Å². The van der Waals surface area contributed by atoms with E-state index >= 15 is 0 Å². The molecule has 0 saturated carbocycles. The van der Waals surface area contributed by atoms with Gasteiger partial charge in [-0.15, -0.1) is 0 Å². The molecule has 0 nitrogen and oxygen atoms in total. The van der Waals surface area contributed by atoms with Gasteiger partial charge in [0, 0.05) is 10.2 Å². The fraction of sp³-hybridized carbons (Fsp3) is 0.176. The molecule has 2 aromatic rings. The van der Waals surface area contributed by atoms with E-state index < -0.39 is 11.7 Å². The van der Waals surface area contributed by atoms with Gasteiger partial charge in [-0.25, -0.2) is 0 Å². The van der Waals surface area contributed by atoms with Gasteiger partial charge in [-0.05, 0) is 40.8 Å². The molecule has 21 heavy (non-hydrogen) atoms. The van der Waals surface area contributed by atoms with Gasteiger partial charge < -0.3 is 0 Å². The van der Waals surface area contributed by atoms with E-state index in [1.54, 1.807) is 18.2 Å². The second-order valence-corrected chi connectivity index (χ2v) is 6.62. The summed E-state index contributed by atoms with van der Waals surface area (Å²) in [5, 5.41) is 0. The molecule has 1 atom stereocenters. The van der Waals surface area contributed by atoms with Gasteiger partial charge in [-0.2, -0.15) is 13.2 Å². The summed E-state index contributed by atoms with van der Waals surface area (Å²) in [5.74, 6) is 0. The van der Waals surface area contributed by atoms with E-state index in [4.69, 9.17) is 0 Å². The topological polar surface area (TPSA) is 0 Å². The van der Waals surface area contributed by atoms with E-state index in [-0.39, 0.29) is 5.56 Å². The van der Waals surface area contributed by atoms with Gasteiger partial charge in [-0.1, -0.05) is 48.0 Å². The highest BCUT2D eigenvalue weighted by Crippen LogP contribution is 2.43. The molecule has 0 fully saturated rings. The maximum atomic E-state index is 13.2. The maximum absolute atomic E-state index is 13.2. The molecule has 0 radical (unpaired) electrons. The van der Waals surface area contributed by atoms with Crippen molar-refractivity contribution in [3.63, 3.8) is 0 Å². The van der Waals surface area contributed by atoms with Crippen LogP contribution in [0.25, 0.3) is 17.2 Å². The van der Waals surface area contributed by atoms with Gasteiger partial charge in [0.1, 0.15) is 0 Å². The Kier molecular flexibility index (Phi) is 3.28. The number of benzene rings is 2. The van der Waals surface area contributed by atoms with Crippen molar-refractivity contribution < 1.29 is 13.2 Å². The van der Waals surface area contributed by atoms with Gasteiger partial charge in [0.25, 0.3) is 0 Å². The highest BCUT2D eigenvalue weighted by atomic mass is 28.1. The van der Waals surface area contributed by atoms with E-state index in [1.807, 2.05) is 18.2 Å². The van der Waals surface area contributed by atoms with Crippen LogP contribution in [0, 0.1) is 0 Å². The molecule has 4 heteroatoms. The predicted molar refractivity (Wildman–Crippen MR) is 83.2 cm³/mol. The number of allylic oxidation sites excluding steroid dienone is 1. The lowest BCUT2D eigenvalue weighted by Crippen LogP contribution is -2.07. The van der Waals surface area contributed by atoms with Crippen molar-refractivity contribution in [1.82, 2.24) is 0 Å². The van der Waals surface area contributed by atoms with Crippen LogP contribution in [0.5, 0.6) is 0 Å². The van der Waals surface area contributed by atoms with E-state index in [9.17, 15) is 13.2 Å². The van der Waals surface area contributed by atoms with Gasteiger partial charge in [0.2, 0.25) is 0 Å². The molecule has 1 aliphatic carbocycles. The number of halogens is 3. The molecular formula is C17H15F3Si. The highest BCUT2D eigenvalue weighted by Gasteiger charge is 2.34. The summed E-state index contributed by atoms with van der Waals surface area (Å²) in [6, 6.07) is 11.5. The van der Waals surface area contributed by atoms with Crippen molar-refractivity contribution in [1.29, 1.82) is 0 Å². The van der Waals surface area contributed by atoms with Crippen LogP contribution in [-0.2, 0) is 6.18 Å². The quantitative estimate of drug-likeness (QED) is 0.693. The molecule has 0 aliphatic heterocycles. The molecule has 2 aromatic carbocycles. The molecule has 0 spiro atoms. The average Bonchev–Trinajstić information content (AvgIpc) is 2.74. The Balaban J connectivity index is 2.26. The van der Waals surface area contributed by atoms with E-state index in [0.717, 1.165) is 27.4 Å². The van der Waals surface area contributed by atoms with Gasteiger partial charge in [0.05, 0.1) is 5.56 Å². The minimum atomic E-state index is -4.34. The Morgan fingerprint density at radius 2 is 1.62 bits per heavy atom. The van der Waals surface area contributed by atoms with Crippen LogP contribution in [0.2, 0.25) is 0 Å². The van der Waals surface area contributed by atoms with Crippen molar-refractivity contribution >= 4 is 16.3 Å². The Morgan fingerprint density at radius 3 is 2.33 bits per heavy atom. The lowest BCUT2D eigenvalue weighted by molar-refractivity contribution is -0.137. The molecular weight excluding hydrogens is 289 g/mol. The van der Waals surface area contributed by atoms with Crippen LogP contribution in [0.15, 0.2) is 48.0 Å². The first-order valence-electron chi connectivity index (χ1n) is 6.87. The molecule has 0 aromatic heterocycles. The first kappa shape index (κ1) is 14.1. The number of hydrogen-bond donors (Lipinski definition) is 0. The molecule has 1 aliphatic rings. The molecule has 0 saturated heterocycles. The minimum Gasteiger partial charge on any atom is -0.166 e. The first-order chi connectivity index (χ1) is 9.89. The summed E-state index contributed by atoms with van der Waals surface area (Å²) in [6.45, 7) is 2.05. The van der Waals surface area contributed by atoms with Crippen molar-refractivity contribution in [2.75, 3.05) is 0 Å². The summed E-state index contributed by atoms with van der Waals surface area (Å²) in [7, 11) is 0.972. The largest absolute Gasteiger partial charge is 0.417 e. The third-order valence-electron chi connectivity index (χ3n) is 4.18. The SMILES string of the molecule is CC1=Cc2c(-c3ccccc3C(F)(F)F)cccc2C1[SiH3]. The molecule has 0 bridgehead atoms. The monoisotopic (exact) mass is 304 g/mol. The third-order valence-corrected chi connectivity index (χ3v) is 5.72. The standard InChI is InChI=1S/C17H15F3Si/c1-10-9-14-11(6-4-7-13(14)16(10)21)12-5-2-3-8-15(12)17(18,19)20/h2-9,16H,1,21H3. The van der Waals surface area contributed by atoms with Crippen LogP contribution >= 0.6 is 0 Å². The zero-order chi connectivity index (χ0) is 15.2. The van der Waals surface area contributed by atoms with Crippen molar-refractivity contribution in [2.45, 2.75) is 18.6 Å². The van der Waals surface area contributed by atoms with Crippen LogP contribution in [0.3, 0.4) is 0 Å². The summed E-state index contributed by atoms with van der Waals surface area (Å²) >= 11 is 0. The van der Waals surface area contributed by atoms with Crippen LogP contribution in [0.4, 0.5) is 13.2 Å². The summed E-state index contributed by atoms with van der Waals surface area (Å²) in [5.41, 5.74) is 4.13.